The van der Waals surface area contributed by atoms with Crippen molar-refractivity contribution in [1.29, 1.82) is 0 Å². The van der Waals surface area contributed by atoms with Gasteiger partial charge in [-0.15, -0.1) is 0 Å². The van der Waals surface area contributed by atoms with Gasteiger partial charge in [-0.3, -0.25) is 0 Å². The number of nitrogens with two attached hydrogens (primary N) is 1. The molecule has 1 saturated carbocycles. The first-order valence-corrected chi connectivity index (χ1v) is 7.21. The van der Waals surface area contributed by atoms with Gasteiger partial charge in [-0.05, 0) is 37.5 Å². The van der Waals surface area contributed by atoms with Crippen LogP contribution in [0.25, 0.3) is 0 Å². The summed E-state index contributed by atoms with van der Waals surface area (Å²) in [5, 5.41) is 0. The zero-order chi connectivity index (χ0) is 11.2. The summed E-state index contributed by atoms with van der Waals surface area (Å²) in [5.74, 6) is 1.41. The van der Waals surface area contributed by atoms with Gasteiger partial charge < -0.3 is 10.5 Å². The molecular formula is C14H27NO. The molecule has 0 amide bonds. The quantitative estimate of drug-likeness (QED) is 0.783. The van der Waals surface area contributed by atoms with Crippen molar-refractivity contribution in [2.24, 2.45) is 17.6 Å². The van der Waals surface area contributed by atoms with Crippen molar-refractivity contribution in [2.75, 3.05) is 13.2 Å². The molecule has 0 bridgehead atoms. The molecule has 2 atom stereocenters. The van der Waals surface area contributed by atoms with Crippen LogP contribution < -0.4 is 5.73 Å². The normalized spacial score (nSPS) is 31.7. The molecule has 2 rings (SSSR count). The summed E-state index contributed by atoms with van der Waals surface area (Å²) in [6, 6.07) is 0.401. The largest absolute Gasteiger partial charge is 0.381 e. The van der Waals surface area contributed by atoms with Crippen molar-refractivity contribution in [2.45, 2.75) is 63.8 Å². The molecule has 0 spiro atoms. The lowest BCUT2D eigenvalue weighted by atomic mass is 9.79. The summed E-state index contributed by atoms with van der Waals surface area (Å²) < 4.78 is 5.57. The van der Waals surface area contributed by atoms with Gasteiger partial charge in [-0.2, -0.15) is 0 Å². The first-order valence-electron chi connectivity index (χ1n) is 7.21. The molecule has 0 aromatic heterocycles. The van der Waals surface area contributed by atoms with Gasteiger partial charge >= 0.3 is 0 Å². The van der Waals surface area contributed by atoms with Crippen LogP contribution in [0.4, 0.5) is 0 Å². The van der Waals surface area contributed by atoms with Crippen molar-refractivity contribution in [3.05, 3.63) is 0 Å². The Kier molecular flexibility index (Phi) is 5.11. The third-order valence-corrected chi connectivity index (χ3v) is 4.43. The van der Waals surface area contributed by atoms with Gasteiger partial charge in [0.05, 0.1) is 6.61 Å². The van der Waals surface area contributed by atoms with E-state index in [4.69, 9.17) is 10.5 Å². The maximum Gasteiger partial charge on any atom is 0.0509 e. The van der Waals surface area contributed by atoms with Gasteiger partial charge in [-0.25, -0.2) is 0 Å². The van der Waals surface area contributed by atoms with E-state index in [-0.39, 0.29) is 0 Å². The highest BCUT2D eigenvalue weighted by Gasteiger charge is 2.27. The topological polar surface area (TPSA) is 35.2 Å². The van der Waals surface area contributed by atoms with Crippen molar-refractivity contribution >= 4 is 0 Å². The van der Waals surface area contributed by atoms with E-state index < -0.39 is 0 Å². The number of hydrogen-bond donors (Lipinski definition) is 1. The van der Waals surface area contributed by atoms with Gasteiger partial charge in [0.2, 0.25) is 0 Å². The molecule has 1 heterocycles. The lowest BCUT2D eigenvalue weighted by Crippen LogP contribution is -2.41. The molecule has 16 heavy (non-hydrogen) atoms. The second-order valence-corrected chi connectivity index (χ2v) is 5.66. The number of rotatable bonds is 2. The van der Waals surface area contributed by atoms with E-state index in [0.29, 0.717) is 12.0 Å². The second kappa shape index (κ2) is 6.61. The average molecular weight is 225 g/mol. The van der Waals surface area contributed by atoms with Crippen LogP contribution in [0.5, 0.6) is 0 Å². The zero-order valence-electron chi connectivity index (χ0n) is 10.5. The molecule has 1 aliphatic carbocycles. The fourth-order valence-corrected chi connectivity index (χ4v) is 3.33. The summed E-state index contributed by atoms with van der Waals surface area (Å²) in [6.45, 7) is 1.87. The van der Waals surface area contributed by atoms with Crippen molar-refractivity contribution in [3.8, 4) is 0 Å². The van der Waals surface area contributed by atoms with Crippen LogP contribution in [-0.2, 0) is 4.74 Å². The molecule has 2 fully saturated rings. The van der Waals surface area contributed by atoms with E-state index >= 15 is 0 Å². The average Bonchev–Trinajstić information content (AvgIpc) is 2.29. The Labute approximate surface area is 99.9 Å². The van der Waals surface area contributed by atoms with Gasteiger partial charge in [0.15, 0.2) is 0 Å². The summed E-state index contributed by atoms with van der Waals surface area (Å²) in [4.78, 5) is 0. The van der Waals surface area contributed by atoms with E-state index in [2.05, 4.69) is 0 Å². The van der Waals surface area contributed by atoms with E-state index in [1.54, 1.807) is 0 Å². The van der Waals surface area contributed by atoms with Crippen molar-refractivity contribution in [3.63, 3.8) is 0 Å². The Hall–Kier alpha value is -0.0800. The van der Waals surface area contributed by atoms with Gasteiger partial charge in [0, 0.05) is 12.6 Å². The molecular weight excluding hydrogens is 198 g/mol. The Morgan fingerprint density at radius 1 is 0.812 bits per heavy atom. The molecule has 0 aromatic rings. The van der Waals surface area contributed by atoms with E-state index in [9.17, 15) is 0 Å². The minimum absolute atomic E-state index is 0.401. The molecule has 1 aliphatic heterocycles. The lowest BCUT2D eigenvalue weighted by molar-refractivity contribution is 0.0337. The molecule has 0 radical (unpaired) electrons. The van der Waals surface area contributed by atoms with Crippen molar-refractivity contribution in [1.82, 2.24) is 0 Å². The second-order valence-electron chi connectivity index (χ2n) is 5.66. The smallest absolute Gasteiger partial charge is 0.0509 e. The zero-order valence-corrected chi connectivity index (χ0v) is 10.5. The van der Waals surface area contributed by atoms with Crippen LogP contribution in [-0.4, -0.2) is 19.3 Å². The van der Waals surface area contributed by atoms with Crippen LogP contribution in [0.2, 0.25) is 0 Å². The van der Waals surface area contributed by atoms with Crippen LogP contribution in [0.15, 0.2) is 0 Å². The SMILES string of the molecule is NC(C1CCCCCCC1)C1CCCOC1. The van der Waals surface area contributed by atoms with Gasteiger partial charge in [0.1, 0.15) is 0 Å². The summed E-state index contributed by atoms with van der Waals surface area (Å²) in [6.07, 6.45) is 12.3. The first-order chi connectivity index (χ1) is 7.88. The molecule has 0 aromatic carbocycles. The van der Waals surface area contributed by atoms with Crippen LogP contribution in [0, 0.1) is 11.8 Å². The molecule has 2 unspecified atom stereocenters. The number of ether oxygens (including phenoxy) is 1. The maximum atomic E-state index is 6.46. The predicted molar refractivity (Wildman–Crippen MR) is 67.3 cm³/mol. The first kappa shape index (κ1) is 12.4. The Morgan fingerprint density at radius 2 is 1.44 bits per heavy atom. The monoisotopic (exact) mass is 225 g/mol. The predicted octanol–water partition coefficient (Wildman–Crippen LogP) is 3.10. The minimum atomic E-state index is 0.401. The molecule has 94 valence electrons. The maximum absolute atomic E-state index is 6.46. The van der Waals surface area contributed by atoms with Gasteiger partial charge in [-0.1, -0.05) is 32.1 Å². The minimum Gasteiger partial charge on any atom is -0.381 e. The van der Waals surface area contributed by atoms with E-state index in [0.717, 1.165) is 19.1 Å². The standard InChI is InChI=1S/C14H27NO/c15-14(13-9-6-10-16-11-13)12-7-4-2-1-3-5-8-12/h12-14H,1-11,15H2. The van der Waals surface area contributed by atoms with Gasteiger partial charge in [0.25, 0.3) is 0 Å². The molecule has 2 heteroatoms. The van der Waals surface area contributed by atoms with E-state index in [1.165, 1.54) is 57.8 Å². The Bertz CT molecular complexity index is 181. The highest BCUT2D eigenvalue weighted by molar-refractivity contribution is 4.82. The molecule has 2 N–H and O–H groups in total. The fourth-order valence-electron chi connectivity index (χ4n) is 3.33. The molecule has 1 saturated heterocycles. The Morgan fingerprint density at radius 3 is 2.06 bits per heavy atom. The van der Waals surface area contributed by atoms with Crippen LogP contribution in [0.1, 0.15) is 57.8 Å². The third-order valence-electron chi connectivity index (χ3n) is 4.43. The highest BCUT2D eigenvalue weighted by atomic mass is 16.5. The third kappa shape index (κ3) is 3.46. The molecule has 2 aliphatic rings. The Balaban J connectivity index is 1.82. The summed E-state index contributed by atoms with van der Waals surface area (Å²) in [5.41, 5.74) is 6.46. The summed E-state index contributed by atoms with van der Waals surface area (Å²) >= 11 is 0. The van der Waals surface area contributed by atoms with Crippen LogP contribution in [0.3, 0.4) is 0 Å². The van der Waals surface area contributed by atoms with Crippen molar-refractivity contribution < 1.29 is 4.74 Å². The van der Waals surface area contributed by atoms with Crippen LogP contribution >= 0.6 is 0 Å². The molecule has 2 nitrogen and oxygen atoms in total. The van der Waals surface area contributed by atoms with E-state index in [1.807, 2.05) is 0 Å². The fraction of sp³-hybridized carbons (Fsp3) is 1.00. The summed E-state index contributed by atoms with van der Waals surface area (Å²) in [7, 11) is 0. The lowest BCUT2D eigenvalue weighted by Gasteiger charge is -2.34. The highest BCUT2D eigenvalue weighted by Crippen LogP contribution is 2.29. The number of hydrogen-bond acceptors (Lipinski definition) is 2.